The highest BCUT2D eigenvalue weighted by Gasteiger charge is 2.33. The smallest absolute Gasteiger partial charge is 0.324 e. The van der Waals surface area contributed by atoms with Crippen molar-refractivity contribution in [1.29, 1.82) is 0 Å². The van der Waals surface area contributed by atoms with Crippen LogP contribution in [0.3, 0.4) is 0 Å². The van der Waals surface area contributed by atoms with Gasteiger partial charge in [0.25, 0.3) is 0 Å². The summed E-state index contributed by atoms with van der Waals surface area (Å²) in [5.41, 5.74) is 1.36. The average molecular weight is 455 g/mol. The molecule has 2 aromatic rings. The highest BCUT2D eigenvalue weighted by molar-refractivity contribution is 7.89. The van der Waals surface area contributed by atoms with Crippen LogP contribution in [0, 0.1) is 0 Å². The van der Waals surface area contributed by atoms with Gasteiger partial charge in [-0.1, -0.05) is 44.2 Å². The van der Waals surface area contributed by atoms with Crippen molar-refractivity contribution in [3.8, 4) is 0 Å². The summed E-state index contributed by atoms with van der Waals surface area (Å²) in [7, 11) is -4.36. The first-order chi connectivity index (χ1) is 14.5. The van der Waals surface area contributed by atoms with Gasteiger partial charge in [0, 0.05) is 12.2 Å². The molecule has 0 radical (unpaired) electrons. The maximum atomic E-state index is 13.0. The minimum Gasteiger partial charge on any atom is -0.324 e. The van der Waals surface area contributed by atoms with Crippen molar-refractivity contribution < 1.29 is 26.4 Å². The van der Waals surface area contributed by atoms with Gasteiger partial charge in [-0.05, 0) is 42.2 Å². The number of para-hydroxylation sites is 1. The Bertz CT molecular complexity index is 1030. The molecule has 0 unspecified atom stereocenters. The second-order valence-electron chi connectivity index (χ2n) is 6.82. The SMILES string of the molecule is C=CCN(CC(=O)Nc1c(CC)cccc1CC)S(=O)(=O)c1cccc(C(F)(F)F)c1. The summed E-state index contributed by atoms with van der Waals surface area (Å²) in [5.74, 6) is -0.590. The molecule has 0 saturated heterocycles. The Balaban J connectivity index is 2.33. The Morgan fingerprint density at radius 2 is 1.68 bits per heavy atom. The Kier molecular flexibility index (Phi) is 8.02. The van der Waals surface area contributed by atoms with Gasteiger partial charge in [-0.25, -0.2) is 8.42 Å². The quantitative estimate of drug-likeness (QED) is 0.561. The van der Waals surface area contributed by atoms with Crippen LogP contribution in [0.4, 0.5) is 18.9 Å². The zero-order valence-corrected chi connectivity index (χ0v) is 18.2. The van der Waals surface area contributed by atoms with Gasteiger partial charge in [-0.2, -0.15) is 17.5 Å². The van der Waals surface area contributed by atoms with Crippen LogP contribution in [0.25, 0.3) is 0 Å². The topological polar surface area (TPSA) is 66.5 Å². The minimum absolute atomic E-state index is 0.234. The maximum absolute atomic E-state index is 13.0. The van der Waals surface area contributed by atoms with Crippen LogP contribution in [-0.2, 0) is 33.8 Å². The number of sulfonamides is 1. The van der Waals surface area contributed by atoms with Gasteiger partial charge in [0.2, 0.25) is 15.9 Å². The van der Waals surface area contributed by atoms with E-state index in [9.17, 15) is 26.4 Å². The molecule has 1 N–H and O–H groups in total. The number of carbonyl (C=O) groups is 1. The summed E-state index contributed by atoms with van der Waals surface area (Å²) >= 11 is 0. The predicted octanol–water partition coefficient (Wildman–Crippen LogP) is 4.65. The highest BCUT2D eigenvalue weighted by atomic mass is 32.2. The molecule has 9 heteroatoms. The number of anilines is 1. The van der Waals surface area contributed by atoms with Gasteiger partial charge >= 0.3 is 6.18 Å². The fraction of sp³-hybridized carbons (Fsp3) is 0.318. The lowest BCUT2D eigenvalue weighted by molar-refractivity contribution is -0.137. The number of nitrogens with one attached hydrogen (secondary N) is 1. The maximum Gasteiger partial charge on any atom is 0.416 e. The fourth-order valence-corrected chi connectivity index (χ4v) is 4.53. The largest absolute Gasteiger partial charge is 0.416 e. The van der Waals surface area contributed by atoms with E-state index in [-0.39, 0.29) is 6.54 Å². The number of rotatable bonds is 9. The zero-order valence-electron chi connectivity index (χ0n) is 17.4. The van der Waals surface area contributed by atoms with Crippen LogP contribution in [0.1, 0.15) is 30.5 Å². The van der Waals surface area contributed by atoms with Crippen molar-refractivity contribution in [3.05, 3.63) is 71.8 Å². The van der Waals surface area contributed by atoms with Gasteiger partial charge in [-0.3, -0.25) is 4.79 Å². The van der Waals surface area contributed by atoms with E-state index >= 15 is 0 Å². The standard InChI is InChI=1S/C22H25F3N2O3S/c1-4-13-27(31(29,30)19-12-8-11-18(14-19)22(23,24)25)15-20(28)26-21-16(5-2)9-7-10-17(21)6-3/h4,7-12,14H,1,5-6,13,15H2,2-3H3,(H,26,28). The molecule has 2 aromatic carbocycles. The van der Waals surface area contributed by atoms with Crippen LogP contribution in [0.15, 0.2) is 60.0 Å². The summed E-state index contributed by atoms with van der Waals surface area (Å²) in [4.78, 5) is 12.2. The number of hydrogen-bond donors (Lipinski definition) is 1. The fourth-order valence-electron chi connectivity index (χ4n) is 3.12. The number of hydrogen-bond acceptors (Lipinski definition) is 3. The molecule has 0 aliphatic heterocycles. The lowest BCUT2D eigenvalue weighted by Crippen LogP contribution is -2.38. The van der Waals surface area contributed by atoms with E-state index in [0.29, 0.717) is 24.6 Å². The molecular weight excluding hydrogens is 429 g/mol. The number of benzene rings is 2. The first kappa shape index (κ1) is 24.6. The molecule has 0 saturated carbocycles. The van der Waals surface area contributed by atoms with Crippen LogP contribution in [0.2, 0.25) is 0 Å². The van der Waals surface area contributed by atoms with Crippen LogP contribution in [-0.4, -0.2) is 31.7 Å². The Morgan fingerprint density at radius 3 is 2.19 bits per heavy atom. The van der Waals surface area contributed by atoms with E-state index < -0.39 is 39.1 Å². The third kappa shape index (κ3) is 5.95. The van der Waals surface area contributed by atoms with Crippen molar-refractivity contribution in [2.24, 2.45) is 0 Å². The Hall–Kier alpha value is -2.65. The van der Waals surface area contributed by atoms with Gasteiger partial charge in [0.05, 0.1) is 17.0 Å². The normalized spacial score (nSPS) is 12.1. The van der Waals surface area contributed by atoms with E-state index in [2.05, 4.69) is 11.9 Å². The summed E-state index contributed by atoms with van der Waals surface area (Å²) in [6.07, 6.45) is -2.08. The van der Waals surface area contributed by atoms with E-state index in [1.807, 2.05) is 32.0 Å². The monoisotopic (exact) mass is 454 g/mol. The molecule has 168 valence electrons. The number of amides is 1. The zero-order chi connectivity index (χ0) is 23.2. The van der Waals surface area contributed by atoms with E-state index in [1.165, 1.54) is 6.08 Å². The summed E-state index contributed by atoms with van der Waals surface area (Å²) < 4.78 is 65.8. The molecule has 1 amide bonds. The average Bonchev–Trinajstić information content (AvgIpc) is 2.73. The first-order valence-electron chi connectivity index (χ1n) is 9.73. The Labute approximate surface area is 180 Å². The van der Waals surface area contributed by atoms with Crippen molar-refractivity contribution in [2.75, 3.05) is 18.4 Å². The van der Waals surface area contributed by atoms with E-state index in [0.717, 1.165) is 33.6 Å². The lowest BCUT2D eigenvalue weighted by atomic mass is 10.0. The van der Waals surface area contributed by atoms with Crippen LogP contribution >= 0.6 is 0 Å². The molecule has 0 heterocycles. The van der Waals surface area contributed by atoms with Crippen LogP contribution in [0.5, 0.6) is 0 Å². The summed E-state index contributed by atoms with van der Waals surface area (Å²) in [5, 5.41) is 2.77. The molecule has 0 aliphatic carbocycles. The molecule has 2 rings (SSSR count). The second kappa shape index (κ2) is 10.1. The first-order valence-corrected chi connectivity index (χ1v) is 11.2. The van der Waals surface area contributed by atoms with Crippen molar-refractivity contribution in [3.63, 3.8) is 0 Å². The van der Waals surface area contributed by atoms with Gasteiger partial charge < -0.3 is 5.32 Å². The number of alkyl halides is 3. The third-order valence-corrected chi connectivity index (χ3v) is 6.52. The van der Waals surface area contributed by atoms with Crippen molar-refractivity contribution in [2.45, 2.75) is 37.8 Å². The van der Waals surface area contributed by atoms with Crippen LogP contribution < -0.4 is 5.32 Å². The molecule has 0 aliphatic rings. The van der Waals surface area contributed by atoms with Gasteiger partial charge in [-0.15, -0.1) is 6.58 Å². The molecule has 0 spiro atoms. The molecule has 0 fully saturated rings. The molecule has 31 heavy (non-hydrogen) atoms. The summed E-state index contributed by atoms with van der Waals surface area (Å²) in [6, 6.07) is 9.07. The number of nitrogens with zero attached hydrogens (tertiary/aromatic N) is 1. The number of carbonyl (C=O) groups excluding carboxylic acids is 1. The predicted molar refractivity (Wildman–Crippen MR) is 114 cm³/mol. The van der Waals surface area contributed by atoms with E-state index in [4.69, 9.17) is 0 Å². The molecule has 0 aromatic heterocycles. The molecule has 0 bridgehead atoms. The second-order valence-corrected chi connectivity index (χ2v) is 8.76. The molecular formula is C22H25F3N2O3S. The van der Waals surface area contributed by atoms with E-state index in [1.54, 1.807) is 0 Å². The number of halogens is 3. The van der Waals surface area contributed by atoms with Gasteiger partial charge in [0.15, 0.2) is 0 Å². The molecule has 0 atom stereocenters. The lowest BCUT2D eigenvalue weighted by Gasteiger charge is -2.22. The number of aryl methyl sites for hydroxylation is 2. The highest BCUT2D eigenvalue weighted by Crippen LogP contribution is 2.31. The Morgan fingerprint density at radius 1 is 1.10 bits per heavy atom. The van der Waals surface area contributed by atoms with Crippen molar-refractivity contribution >= 4 is 21.6 Å². The third-order valence-electron chi connectivity index (χ3n) is 4.72. The summed E-state index contributed by atoms with van der Waals surface area (Å²) in [6.45, 7) is 6.57. The van der Waals surface area contributed by atoms with Gasteiger partial charge in [0.1, 0.15) is 0 Å². The van der Waals surface area contributed by atoms with Crippen molar-refractivity contribution in [1.82, 2.24) is 4.31 Å². The minimum atomic E-state index is -4.69. The molecule has 5 nitrogen and oxygen atoms in total.